The maximum absolute atomic E-state index is 6.30. The molecule has 106 valence electrons. The lowest BCUT2D eigenvalue weighted by atomic mass is 9.92. The first-order valence-electron chi connectivity index (χ1n) is 6.91. The second-order valence-electron chi connectivity index (χ2n) is 4.82. The second-order valence-corrected chi connectivity index (χ2v) is 6.08. The summed E-state index contributed by atoms with van der Waals surface area (Å²) in [4.78, 5) is 0. The number of likely N-dealkylation sites (N-methyl/N-ethyl adjacent to an activating group) is 1. The molecule has 2 rings (SSSR count). The molecular weight excluding hydrogens is 334 g/mol. The van der Waals surface area contributed by atoms with Crippen molar-refractivity contribution in [3.05, 3.63) is 69.2 Å². The molecule has 0 spiro atoms. The highest BCUT2D eigenvalue weighted by molar-refractivity contribution is 9.10. The van der Waals surface area contributed by atoms with Crippen molar-refractivity contribution in [3.63, 3.8) is 0 Å². The molecule has 0 aliphatic heterocycles. The summed E-state index contributed by atoms with van der Waals surface area (Å²) in [6.07, 6.45) is 0.940. The van der Waals surface area contributed by atoms with Crippen molar-refractivity contribution < 1.29 is 0 Å². The minimum absolute atomic E-state index is 0.408. The van der Waals surface area contributed by atoms with E-state index in [1.165, 1.54) is 11.1 Å². The molecule has 1 nitrogen and oxygen atoms in total. The third kappa shape index (κ3) is 4.08. The minimum atomic E-state index is 0.408. The lowest BCUT2D eigenvalue weighted by Gasteiger charge is -2.20. The van der Waals surface area contributed by atoms with Gasteiger partial charge in [0, 0.05) is 22.0 Å². The number of benzene rings is 2. The predicted molar refractivity (Wildman–Crippen MR) is 90.6 cm³/mol. The van der Waals surface area contributed by atoms with Crippen LogP contribution in [-0.4, -0.2) is 13.1 Å². The Hall–Kier alpha value is -0.830. The molecule has 1 unspecified atom stereocenters. The number of nitrogens with one attached hydrogen (secondary N) is 1. The summed E-state index contributed by atoms with van der Waals surface area (Å²) in [5.41, 5.74) is 2.53. The SMILES string of the molecule is CCNCC(Cc1ccccc1Cl)c1ccccc1Br. The fourth-order valence-corrected chi connectivity index (χ4v) is 3.17. The van der Waals surface area contributed by atoms with E-state index in [1.54, 1.807) is 0 Å². The Labute approximate surface area is 134 Å². The summed E-state index contributed by atoms with van der Waals surface area (Å²) in [5, 5.41) is 4.30. The van der Waals surface area contributed by atoms with E-state index in [4.69, 9.17) is 11.6 Å². The van der Waals surface area contributed by atoms with Gasteiger partial charge in [-0.1, -0.05) is 70.9 Å². The Morgan fingerprint density at radius 2 is 1.80 bits per heavy atom. The lowest BCUT2D eigenvalue weighted by Crippen LogP contribution is -2.23. The number of hydrogen-bond acceptors (Lipinski definition) is 1. The number of rotatable bonds is 6. The third-order valence-electron chi connectivity index (χ3n) is 3.41. The van der Waals surface area contributed by atoms with Crippen molar-refractivity contribution in [2.45, 2.75) is 19.3 Å². The lowest BCUT2D eigenvalue weighted by molar-refractivity contribution is 0.593. The van der Waals surface area contributed by atoms with Crippen LogP contribution in [0.15, 0.2) is 53.0 Å². The van der Waals surface area contributed by atoms with Crippen molar-refractivity contribution in [2.24, 2.45) is 0 Å². The van der Waals surface area contributed by atoms with Gasteiger partial charge in [0.25, 0.3) is 0 Å². The summed E-state index contributed by atoms with van der Waals surface area (Å²) in [6, 6.07) is 16.5. The molecule has 0 saturated carbocycles. The van der Waals surface area contributed by atoms with E-state index in [0.29, 0.717) is 5.92 Å². The van der Waals surface area contributed by atoms with Crippen molar-refractivity contribution in [1.82, 2.24) is 5.32 Å². The molecule has 0 saturated heterocycles. The summed E-state index contributed by atoms with van der Waals surface area (Å²) >= 11 is 9.96. The average molecular weight is 353 g/mol. The Kier molecular flexibility index (Phi) is 6.08. The van der Waals surface area contributed by atoms with Gasteiger partial charge in [0.1, 0.15) is 0 Å². The standard InChI is InChI=1S/C17H19BrClN/c1-2-20-12-14(15-8-4-5-9-16(15)18)11-13-7-3-6-10-17(13)19/h3-10,14,20H,2,11-12H2,1H3. The van der Waals surface area contributed by atoms with Gasteiger partial charge in [0.05, 0.1) is 0 Å². The second kappa shape index (κ2) is 7.82. The Balaban J connectivity index is 2.24. The zero-order chi connectivity index (χ0) is 14.4. The monoisotopic (exact) mass is 351 g/mol. The molecular formula is C17H19BrClN. The molecule has 0 heterocycles. The van der Waals surface area contributed by atoms with Crippen molar-refractivity contribution in [3.8, 4) is 0 Å². The topological polar surface area (TPSA) is 12.0 Å². The molecule has 0 aliphatic carbocycles. The molecule has 1 atom stereocenters. The summed E-state index contributed by atoms with van der Waals surface area (Å²) < 4.78 is 1.16. The quantitative estimate of drug-likeness (QED) is 0.768. The normalized spacial score (nSPS) is 12.3. The van der Waals surface area contributed by atoms with Crippen LogP contribution >= 0.6 is 27.5 Å². The van der Waals surface area contributed by atoms with Gasteiger partial charge in [0.2, 0.25) is 0 Å². The van der Waals surface area contributed by atoms with Crippen LogP contribution in [0.4, 0.5) is 0 Å². The zero-order valence-corrected chi connectivity index (χ0v) is 13.9. The van der Waals surface area contributed by atoms with Crippen LogP contribution in [0.2, 0.25) is 5.02 Å². The van der Waals surface area contributed by atoms with Gasteiger partial charge < -0.3 is 5.32 Å². The minimum Gasteiger partial charge on any atom is -0.316 e. The highest BCUT2D eigenvalue weighted by Crippen LogP contribution is 2.29. The summed E-state index contributed by atoms with van der Waals surface area (Å²) in [7, 11) is 0. The number of hydrogen-bond donors (Lipinski definition) is 1. The maximum Gasteiger partial charge on any atom is 0.0438 e. The van der Waals surface area contributed by atoms with E-state index < -0.39 is 0 Å². The van der Waals surface area contributed by atoms with Gasteiger partial charge in [-0.05, 0) is 36.2 Å². The van der Waals surface area contributed by atoms with Crippen LogP contribution in [0.1, 0.15) is 24.0 Å². The molecule has 0 radical (unpaired) electrons. The van der Waals surface area contributed by atoms with Gasteiger partial charge >= 0.3 is 0 Å². The zero-order valence-electron chi connectivity index (χ0n) is 11.6. The van der Waals surface area contributed by atoms with E-state index in [9.17, 15) is 0 Å². The molecule has 1 N–H and O–H groups in total. The fourth-order valence-electron chi connectivity index (χ4n) is 2.35. The van der Waals surface area contributed by atoms with E-state index >= 15 is 0 Å². The molecule has 3 heteroatoms. The van der Waals surface area contributed by atoms with Crippen molar-refractivity contribution in [1.29, 1.82) is 0 Å². The summed E-state index contributed by atoms with van der Waals surface area (Å²) in [6.45, 7) is 4.06. The smallest absolute Gasteiger partial charge is 0.0438 e. The molecule has 0 fully saturated rings. The van der Waals surface area contributed by atoms with E-state index in [2.05, 4.69) is 52.4 Å². The molecule has 2 aromatic rings. The van der Waals surface area contributed by atoms with E-state index in [-0.39, 0.29) is 0 Å². The maximum atomic E-state index is 6.30. The van der Waals surface area contributed by atoms with Gasteiger partial charge in [-0.25, -0.2) is 0 Å². The van der Waals surface area contributed by atoms with Crippen molar-refractivity contribution >= 4 is 27.5 Å². The first-order valence-corrected chi connectivity index (χ1v) is 8.08. The van der Waals surface area contributed by atoms with Crippen LogP contribution < -0.4 is 5.32 Å². The Morgan fingerprint density at radius 3 is 2.50 bits per heavy atom. The average Bonchev–Trinajstić information content (AvgIpc) is 2.46. The molecule has 0 amide bonds. The first-order chi connectivity index (χ1) is 9.72. The van der Waals surface area contributed by atoms with E-state index in [0.717, 1.165) is 29.0 Å². The molecule has 0 aromatic heterocycles. The van der Waals surface area contributed by atoms with Crippen LogP contribution in [0, 0.1) is 0 Å². The Bertz CT molecular complexity index is 556. The van der Waals surface area contributed by atoms with Gasteiger partial charge in [-0.2, -0.15) is 0 Å². The van der Waals surface area contributed by atoms with Crippen LogP contribution in [0.3, 0.4) is 0 Å². The van der Waals surface area contributed by atoms with Gasteiger partial charge in [0.15, 0.2) is 0 Å². The fraction of sp³-hybridized carbons (Fsp3) is 0.294. The molecule has 2 aromatic carbocycles. The van der Waals surface area contributed by atoms with Crippen LogP contribution in [0.25, 0.3) is 0 Å². The van der Waals surface area contributed by atoms with Gasteiger partial charge in [-0.3, -0.25) is 0 Å². The predicted octanol–water partition coefficient (Wildman–Crippen LogP) is 5.04. The van der Waals surface area contributed by atoms with Crippen molar-refractivity contribution in [2.75, 3.05) is 13.1 Å². The van der Waals surface area contributed by atoms with Crippen LogP contribution in [0.5, 0.6) is 0 Å². The highest BCUT2D eigenvalue weighted by Gasteiger charge is 2.15. The van der Waals surface area contributed by atoms with E-state index in [1.807, 2.05) is 24.3 Å². The summed E-state index contributed by atoms with van der Waals surface area (Å²) in [5.74, 6) is 0.408. The molecule has 0 bridgehead atoms. The Morgan fingerprint density at radius 1 is 1.10 bits per heavy atom. The third-order valence-corrected chi connectivity index (χ3v) is 4.50. The van der Waals surface area contributed by atoms with Crippen LogP contribution in [-0.2, 0) is 6.42 Å². The number of halogens is 2. The largest absolute Gasteiger partial charge is 0.316 e. The highest BCUT2D eigenvalue weighted by atomic mass is 79.9. The van der Waals surface area contributed by atoms with Gasteiger partial charge in [-0.15, -0.1) is 0 Å². The molecule has 20 heavy (non-hydrogen) atoms. The molecule has 0 aliphatic rings. The first kappa shape index (κ1) is 15.6.